The maximum Gasteiger partial charge on any atom is 0.191 e. The number of benzene rings is 1. The number of aliphatic imine (C=N–C) groups is 1. The molecule has 6 nitrogen and oxygen atoms in total. The van der Waals surface area contributed by atoms with Crippen molar-refractivity contribution < 1.29 is 14.3 Å². The monoisotopic (exact) mass is 515 g/mol. The summed E-state index contributed by atoms with van der Waals surface area (Å²) in [5.74, 6) is 3.01. The second-order valence-electron chi connectivity index (χ2n) is 6.82. The number of hydrogen-bond acceptors (Lipinski definition) is 4. The van der Waals surface area contributed by atoms with Crippen molar-refractivity contribution in [2.75, 3.05) is 26.8 Å². The Bertz CT molecular complexity index is 669. The fraction of sp³-hybridized carbons (Fsp3) is 0.500. The highest BCUT2D eigenvalue weighted by molar-refractivity contribution is 14.0. The lowest BCUT2D eigenvalue weighted by molar-refractivity contribution is 0.251. The van der Waals surface area contributed by atoms with E-state index in [4.69, 9.17) is 14.1 Å². The first kappa shape index (κ1) is 25.3. The number of nitrogens with zero attached hydrogens (tertiary/aromatic N) is 1. The molecule has 0 aliphatic carbocycles. The average Bonchev–Trinajstić information content (AvgIpc) is 3.23. The summed E-state index contributed by atoms with van der Waals surface area (Å²) in [6.45, 7) is 4.50. The zero-order valence-electron chi connectivity index (χ0n) is 17.4. The molecule has 0 saturated heterocycles. The zero-order chi connectivity index (χ0) is 20.0. The maximum atomic E-state index is 9.28. The van der Waals surface area contributed by atoms with Crippen LogP contribution < -0.4 is 15.4 Å². The summed E-state index contributed by atoms with van der Waals surface area (Å²) in [6, 6.07) is 11.8. The molecule has 0 amide bonds. The first-order chi connectivity index (χ1) is 13.7. The second-order valence-corrected chi connectivity index (χ2v) is 6.82. The van der Waals surface area contributed by atoms with Crippen LogP contribution in [-0.2, 0) is 13.0 Å². The van der Waals surface area contributed by atoms with E-state index in [1.54, 1.807) is 13.4 Å². The Morgan fingerprint density at radius 2 is 1.97 bits per heavy atom. The minimum absolute atomic E-state index is 0. The van der Waals surface area contributed by atoms with Gasteiger partial charge in [-0.05, 0) is 48.6 Å². The molecule has 1 unspecified atom stereocenters. The van der Waals surface area contributed by atoms with Crippen LogP contribution in [0.2, 0.25) is 0 Å². The molecular weight excluding hydrogens is 481 g/mol. The SMILES string of the molecule is CCCC(CCO)CNC(=NCc1ccc(OC)cc1)NCCc1ccco1.I. The van der Waals surface area contributed by atoms with Gasteiger partial charge in [-0.3, -0.25) is 0 Å². The minimum Gasteiger partial charge on any atom is -0.497 e. The normalized spacial score (nSPS) is 12.2. The molecule has 0 spiro atoms. The number of nitrogens with one attached hydrogen (secondary N) is 2. The Morgan fingerprint density at radius 1 is 1.17 bits per heavy atom. The zero-order valence-corrected chi connectivity index (χ0v) is 19.7. The molecule has 3 N–H and O–H groups in total. The lowest BCUT2D eigenvalue weighted by Crippen LogP contribution is -2.41. The van der Waals surface area contributed by atoms with Crippen LogP contribution in [0.1, 0.15) is 37.5 Å². The molecule has 7 heteroatoms. The largest absolute Gasteiger partial charge is 0.497 e. The van der Waals surface area contributed by atoms with Gasteiger partial charge in [0.25, 0.3) is 0 Å². The van der Waals surface area contributed by atoms with E-state index in [2.05, 4.69) is 17.6 Å². The predicted molar refractivity (Wildman–Crippen MR) is 128 cm³/mol. The molecule has 1 heterocycles. The Morgan fingerprint density at radius 3 is 2.59 bits per heavy atom. The van der Waals surface area contributed by atoms with Crippen LogP contribution in [0.15, 0.2) is 52.1 Å². The number of guanidine groups is 1. The van der Waals surface area contributed by atoms with Crippen LogP contribution in [0, 0.1) is 5.92 Å². The quantitative estimate of drug-likeness (QED) is 0.227. The van der Waals surface area contributed by atoms with Crippen LogP contribution in [0.4, 0.5) is 0 Å². The number of rotatable bonds is 12. The highest BCUT2D eigenvalue weighted by Gasteiger charge is 2.09. The molecule has 2 rings (SSSR count). The van der Waals surface area contributed by atoms with E-state index >= 15 is 0 Å². The number of ether oxygens (including phenoxy) is 1. The van der Waals surface area contributed by atoms with E-state index in [1.165, 1.54) is 0 Å². The average molecular weight is 515 g/mol. The Balaban J connectivity index is 0.00000420. The molecule has 1 aromatic carbocycles. The third kappa shape index (κ3) is 10.0. The van der Waals surface area contributed by atoms with E-state index in [9.17, 15) is 5.11 Å². The van der Waals surface area contributed by atoms with Gasteiger partial charge < -0.3 is 24.9 Å². The van der Waals surface area contributed by atoms with Gasteiger partial charge in [-0.25, -0.2) is 4.99 Å². The van der Waals surface area contributed by atoms with Crippen molar-refractivity contribution in [3.63, 3.8) is 0 Å². The van der Waals surface area contributed by atoms with Gasteiger partial charge in [0.2, 0.25) is 0 Å². The van der Waals surface area contributed by atoms with Gasteiger partial charge in [0.15, 0.2) is 5.96 Å². The highest BCUT2D eigenvalue weighted by Crippen LogP contribution is 2.12. The Kier molecular flexibility index (Phi) is 13.2. The standard InChI is InChI=1S/C22H33N3O3.HI/c1-3-5-18(12-14-26)16-24-22(23-13-11-21-6-4-15-28-21)25-17-19-7-9-20(27-2)10-8-19;/h4,6-10,15,18,26H,3,5,11-14,16-17H2,1-2H3,(H2,23,24,25);1H. The number of methoxy groups -OCH3 is 1. The van der Waals surface area contributed by atoms with Crippen LogP contribution >= 0.6 is 24.0 Å². The number of aliphatic hydroxyl groups excluding tert-OH is 1. The van der Waals surface area contributed by atoms with Crippen molar-refractivity contribution in [3.05, 3.63) is 54.0 Å². The van der Waals surface area contributed by atoms with Gasteiger partial charge >= 0.3 is 0 Å². The smallest absolute Gasteiger partial charge is 0.191 e. The molecule has 0 radical (unpaired) electrons. The van der Waals surface area contributed by atoms with Gasteiger partial charge in [-0.15, -0.1) is 24.0 Å². The number of halogens is 1. The third-order valence-electron chi connectivity index (χ3n) is 4.62. The first-order valence-corrected chi connectivity index (χ1v) is 10.0. The summed E-state index contributed by atoms with van der Waals surface area (Å²) in [5, 5.41) is 16.1. The third-order valence-corrected chi connectivity index (χ3v) is 4.62. The molecule has 29 heavy (non-hydrogen) atoms. The molecule has 0 saturated carbocycles. The van der Waals surface area contributed by atoms with Crippen molar-refractivity contribution in [1.82, 2.24) is 10.6 Å². The van der Waals surface area contributed by atoms with Crippen molar-refractivity contribution in [2.45, 2.75) is 39.2 Å². The van der Waals surface area contributed by atoms with Gasteiger partial charge in [-0.1, -0.05) is 25.5 Å². The van der Waals surface area contributed by atoms with E-state index < -0.39 is 0 Å². The summed E-state index contributed by atoms with van der Waals surface area (Å²) < 4.78 is 10.6. The molecule has 1 aromatic heterocycles. The first-order valence-electron chi connectivity index (χ1n) is 10.0. The maximum absolute atomic E-state index is 9.28. The second kappa shape index (κ2) is 15.1. The molecule has 2 aromatic rings. The van der Waals surface area contributed by atoms with E-state index in [0.717, 1.165) is 61.8 Å². The molecule has 0 aliphatic rings. The van der Waals surface area contributed by atoms with Gasteiger partial charge in [0.1, 0.15) is 11.5 Å². The highest BCUT2D eigenvalue weighted by atomic mass is 127. The molecule has 0 fully saturated rings. The van der Waals surface area contributed by atoms with Crippen molar-refractivity contribution in [2.24, 2.45) is 10.9 Å². The van der Waals surface area contributed by atoms with Crippen molar-refractivity contribution in [3.8, 4) is 5.75 Å². The lowest BCUT2D eigenvalue weighted by atomic mass is 10.0. The van der Waals surface area contributed by atoms with E-state index in [0.29, 0.717) is 12.5 Å². The summed E-state index contributed by atoms with van der Waals surface area (Å²) >= 11 is 0. The molecule has 162 valence electrons. The van der Waals surface area contributed by atoms with Gasteiger partial charge in [0, 0.05) is 26.1 Å². The fourth-order valence-electron chi connectivity index (χ4n) is 3.01. The predicted octanol–water partition coefficient (Wildman–Crippen LogP) is 3.98. The van der Waals surface area contributed by atoms with Crippen LogP contribution in [0.3, 0.4) is 0 Å². The van der Waals surface area contributed by atoms with Gasteiger partial charge in [-0.2, -0.15) is 0 Å². The molecule has 1 atom stereocenters. The molecule has 0 aliphatic heterocycles. The Hall–Kier alpha value is -1.74. The number of furan rings is 1. The van der Waals surface area contributed by atoms with E-state index in [-0.39, 0.29) is 30.6 Å². The summed E-state index contributed by atoms with van der Waals surface area (Å²) in [4.78, 5) is 4.72. The van der Waals surface area contributed by atoms with Crippen molar-refractivity contribution >= 4 is 29.9 Å². The number of aliphatic hydroxyl groups is 1. The summed E-state index contributed by atoms with van der Waals surface area (Å²) in [6.07, 6.45) is 5.49. The number of hydrogen-bond donors (Lipinski definition) is 3. The van der Waals surface area contributed by atoms with Gasteiger partial charge in [0.05, 0.1) is 19.9 Å². The van der Waals surface area contributed by atoms with Crippen LogP contribution in [0.5, 0.6) is 5.75 Å². The Labute approximate surface area is 191 Å². The van der Waals surface area contributed by atoms with Crippen LogP contribution in [0.25, 0.3) is 0 Å². The molecule has 0 bridgehead atoms. The molecular formula is C22H34IN3O3. The van der Waals surface area contributed by atoms with E-state index in [1.807, 2.05) is 36.4 Å². The van der Waals surface area contributed by atoms with Crippen LogP contribution in [-0.4, -0.2) is 37.9 Å². The topological polar surface area (TPSA) is 79.0 Å². The fourth-order valence-corrected chi connectivity index (χ4v) is 3.01. The lowest BCUT2D eigenvalue weighted by Gasteiger charge is -2.18. The van der Waals surface area contributed by atoms with Crippen molar-refractivity contribution in [1.29, 1.82) is 0 Å². The minimum atomic E-state index is 0. The summed E-state index contributed by atoms with van der Waals surface area (Å²) in [7, 11) is 1.66. The summed E-state index contributed by atoms with van der Waals surface area (Å²) in [5.41, 5.74) is 1.12.